The Hall–Kier alpha value is -2.57. The highest BCUT2D eigenvalue weighted by atomic mass is 19.3. The van der Waals surface area contributed by atoms with Crippen LogP contribution in [-0.4, -0.2) is 16.6 Å². The molecule has 3 nitrogen and oxygen atoms in total. The lowest BCUT2D eigenvalue weighted by atomic mass is 10.2. The predicted molar refractivity (Wildman–Crippen MR) is 68.1 cm³/mol. The molecule has 0 aliphatic heterocycles. The molecule has 2 aromatic carbocycles. The summed E-state index contributed by atoms with van der Waals surface area (Å²) in [7, 11) is 0. The molecular weight excluding hydrogens is 288 g/mol. The van der Waals surface area contributed by atoms with Gasteiger partial charge in [-0.1, -0.05) is 12.1 Å². The number of imidazole rings is 1. The Bertz CT molecular complexity index is 762. The van der Waals surface area contributed by atoms with Crippen molar-refractivity contribution in [3.8, 4) is 17.1 Å². The van der Waals surface area contributed by atoms with Crippen LogP contribution in [0.1, 0.15) is 0 Å². The smallest absolute Gasteiger partial charge is 0.387 e. The minimum absolute atomic E-state index is 0.0275. The number of fused-ring (bicyclic) bond motifs is 1. The van der Waals surface area contributed by atoms with Crippen LogP contribution in [0, 0.1) is 11.6 Å². The summed E-state index contributed by atoms with van der Waals surface area (Å²) in [6, 6.07) is 7.81. The summed E-state index contributed by atoms with van der Waals surface area (Å²) < 4.78 is 54.9. The summed E-state index contributed by atoms with van der Waals surface area (Å²) in [6.45, 7) is -2.93. The first kappa shape index (κ1) is 13.4. The molecule has 108 valence electrons. The van der Waals surface area contributed by atoms with Gasteiger partial charge in [0.05, 0.1) is 11.0 Å². The Balaban J connectivity index is 2.04. The second-order valence-corrected chi connectivity index (χ2v) is 4.28. The van der Waals surface area contributed by atoms with E-state index in [1.807, 2.05) is 0 Å². The fourth-order valence-electron chi connectivity index (χ4n) is 1.96. The van der Waals surface area contributed by atoms with Gasteiger partial charge in [-0.25, -0.2) is 13.8 Å². The van der Waals surface area contributed by atoms with Crippen molar-refractivity contribution in [1.82, 2.24) is 9.97 Å². The Kier molecular flexibility index (Phi) is 3.25. The molecule has 7 heteroatoms. The average molecular weight is 296 g/mol. The average Bonchev–Trinajstić information content (AvgIpc) is 2.82. The highest BCUT2D eigenvalue weighted by molar-refractivity contribution is 5.79. The maximum atomic E-state index is 13.1. The van der Waals surface area contributed by atoms with E-state index < -0.39 is 18.2 Å². The number of ether oxygens (including phenoxy) is 1. The van der Waals surface area contributed by atoms with Crippen molar-refractivity contribution < 1.29 is 22.3 Å². The fraction of sp³-hybridized carbons (Fsp3) is 0.0714. The lowest BCUT2D eigenvalue weighted by Crippen LogP contribution is -2.01. The molecule has 3 rings (SSSR count). The van der Waals surface area contributed by atoms with Gasteiger partial charge in [0, 0.05) is 17.7 Å². The maximum Gasteiger partial charge on any atom is 0.387 e. The van der Waals surface area contributed by atoms with Gasteiger partial charge >= 0.3 is 6.61 Å². The van der Waals surface area contributed by atoms with E-state index in [0.29, 0.717) is 16.9 Å². The highest BCUT2D eigenvalue weighted by Gasteiger charge is 2.11. The first-order valence-corrected chi connectivity index (χ1v) is 5.93. The summed E-state index contributed by atoms with van der Waals surface area (Å²) in [4.78, 5) is 6.90. The second-order valence-electron chi connectivity index (χ2n) is 4.28. The standard InChI is InChI=1S/C14H8F4N2O/c15-9-5-11-12(6-10(9)16)20-13(19-11)7-2-1-3-8(4-7)21-14(17)18/h1-6,14H,(H,19,20). The molecule has 0 saturated carbocycles. The normalized spacial score (nSPS) is 11.3. The topological polar surface area (TPSA) is 37.9 Å². The van der Waals surface area contributed by atoms with Gasteiger partial charge in [0.25, 0.3) is 0 Å². The molecule has 1 heterocycles. The van der Waals surface area contributed by atoms with Gasteiger partial charge in [-0.3, -0.25) is 0 Å². The van der Waals surface area contributed by atoms with E-state index in [1.165, 1.54) is 18.2 Å². The zero-order valence-electron chi connectivity index (χ0n) is 10.4. The van der Waals surface area contributed by atoms with E-state index in [4.69, 9.17) is 0 Å². The third-order valence-electron chi connectivity index (χ3n) is 2.86. The molecule has 21 heavy (non-hydrogen) atoms. The van der Waals surface area contributed by atoms with E-state index in [1.54, 1.807) is 6.07 Å². The molecule has 0 aliphatic rings. The van der Waals surface area contributed by atoms with Crippen molar-refractivity contribution in [3.63, 3.8) is 0 Å². The lowest BCUT2D eigenvalue weighted by Gasteiger charge is -2.05. The van der Waals surface area contributed by atoms with Crippen LogP contribution in [0.3, 0.4) is 0 Å². The summed E-state index contributed by atoms with van der Waals surface area (Å²) >= 11 is 0. The van der Waals surface area contributed by atoms with Crippen LogP contribution in [0.5, 0.6) is 5.75 Å². The van der Waals surface area contributed by atoms with Crippen LogP contribution in [0.4, 0.5) is 17.6 Å². The molecule has 0 amide bonds. The summed E-state index contributed by atoms with van der Waals surface area (Å²) in [5.74, 6) is -1.72. The van der Waals surface area contributed by atoms with Crippen LogP contribution in [0.2, 0.25) is 0 Å². The third kappa shape index (κ3) is 2.67. The van der Waals surface area contributed by atoms with Crippen molar-refractivity contribution in [3.05, 3.63) is 48.0 Å². The summed E-state index contributed by atoms with van der Waals surface area (Å²) in [6.07, 6.45) is 0. The van der Waals surface area contributed by atoms with Crippen molar-refractivity contribution in [2.24, 2.45) is 0 Å². The third-order valence-corrected chi connectivity index (χ3v) is 2.86. The molecule has 0 fully saturated rings. The van der Waals surface area contributed by atoms with Gasteiger partial charge in [-0.2, -0.15) is 8.78 Å². The van der Waals surface area contributed by atoms with Crippen LogP contribution >= 0.6 is 0 Å². The number of hydrogen-bond acceptors (Lipinski definition) is 2. The Labute approximate surface area is 116 Å². The molecule has 1 aromatic heterocycles. The zero-order valence-corrected chi connectivity index (χ0v) is 10.4. The van der Waals surface area contributed by atoms with Gasteiger partial charge in [0.1, 0.15) is 11.6 Å². The van der Waals surface area contributed by atoms with Crippen LogP contribution in [-0.2, 0) is 0 Å². The first-order valence-electron chi connectivity index (χ1n) is 5.93. The Morgan fingerprint density at radius 1 is 1.05 bits per heavy atom. The molecule has 3 aromatic rings. The predicted octanol–water partition coefficient (Wildman–Crippen LogP) is 4.11. The summed E-state index contributed by atoms with van der Waals surface area (Å²) in [5.41, 5.74) is 1.01. The molecule has 1 N–H and O–H groups in total. The maximum absolute atomic E-state index is 13.1. The van der Waals surface area contributed by atoms with Gasteiger partial charge in [0.15, 0.2) is 11.6 Å². The van der Waals surface area contributed by atoms with E-state index >= 15 is 0 Å². The van der Waals surface area contributed by atoms with Gasteiger partial charge in [-0.05, 0) is 12.1 Å². The van der Waals surface area contributed by atoms with E-state index in [9.17, 15) is 17.6 Å². The quantitative estimate of drug-likeness (QED) is 0.739. The van der Waals surface area contributed by atoms with Gasteiger partial charge < -0.3 is 9.72 Å². The number of halogens is 4. The second kappa shape index (κ2) is 5.08. The summed E-state index contributed by atoms with van der Waals surface area (Å²) in [5, 5.41) is 0. The van der Waals surface area contributed by atoms with E-state index in [-0.39, 0.29) is 11.3 Å². The Morgan fingerprint density at radius 3 is 2.57 bits per heavy atom. The first-order chi connectivity index (χ1) is 10.0. The molecule has 0 spiro atoms. The van der Waals surface area contributed by atoms with Crippen molar-refractivity contribution in [2.75, 3.05) is 0 Å². The highest BCUT2D eigenvalue weighted by Crippen LogP contribution is 2.25. The number of nitrogens with one attached hydrogen (secondary N) is 1. The van der Waals surface area contributed by atoms with Crippen LogP contribution < -0.4 is 4.74 Å². The van der Waals surface area contributed by atoms with Crippen molar-refractivity contribution in [2.45, 2.75) is 6.61 Å². The number of hydrogen-bond donors (Lipinski definition) is 1. The number of alkyl halides is 2. The fourth-order valence-corrected chi connectivity index (χ4v) is 1.96. The monoisotopic (exact) mass is 296 g/mol. The minimum Gasteiger partial charge on any atom is -0.435 e. The molecule has 0 unspecified atom stereocenters. The number of H-pyrrole nitrogens is 1. The molecule has 0 saturated heterocycles. The molecular formula is C14H8F4N2O. The number of rotatable bonds is 3. The van der Waals surface area contributed by atoms with Crippen LogP contribution in [0.15, 0.2) is 36.4 Å². The lowest BCUT2D eigenvalue weighted by molar-refractivity contribution is -0.0498. The van der Waals surface area contributed by atoms with Gasteiger partial charge in [-0.15, -0.1) is 0 Å². The Morgan fingerprint density at radius 2 is 1.81 bits per heavy atom. The van der Waals surface area contributed by atoms with E-state index in [0.717, 1.165) is 12.1 Å². The number of aromatic amines is 1. The zero-order chi connectivity index (χ0) is 15.0. The van der Waals surface area contributed by atoms with Crippen LogP contribution in [0.25, 0.3) is 22.4 Å². The largest absolute Gasteiger partial charge is 0.435 e. The van der Waals surface area contributed by atoms with Crippen molar-refractivity contribution >= 4 is 11.0 Å². The molecule has 0 bridgehead atoms. The number of nitrogens with zero attached hydrogens (tertiary/aromatic N) is 1. The van der Waals surface area contributed by atoms with Gasteiger partial charge in [0.2, 0.25) is 0 Å². The van der Waals surface area contributed by atoms with E-state index in [2.05, 4.69) is 14.7 Å². The number of benzene rings is 2. The van der Waals surface area contributed by atoms with Crippen molar-refractivity contribution in [1.29, 1.82) is 0 Å². The molecule has 0 atom stereocenters. The molecule has 0 radical (unpaired) electrons. The number of aromatic nitrogens is 2. The minimum atomic E-state index is -2.93. The SMILES string of the molecule is Fc1cc2nc(-c3cccc(OC(F)F)c3)[nH]c2cc1F. The molecule has 0 aliphatic carbocycles.